The van der Waals surface area contributed by atoms with Crippen LogP contribution in [0.4, 0.5) is 9.80 Å². The van der Waals surface area contributed by atoms with Gasteiger partial charge in [-0.3, -0.25) is 19.8 Å². The second kappa shape index (κ2) is 12.2. The number of anilines is 1. The number of nitrogens with one attached hydrogen (secondary N) is 2. The van der Waals surface area contributed by atoms with Gasteiger partial charge in [0.2, 0.25) is 10.0 Å². The Hall–Kier alpha value is -2.80. The molecular formula is C27H36N4O6S2. The second-order valence-corrected chi connectivity index (χ2v) is 13.3. The summed E-state index contributed by atoms with van der Waals surface area (Å²) in [6.07, 6.45) is 1.41. The van der Waals surface area contributed by atoms with E-state index >= 15 is 0 Å². The predicted molar refractivity (Wildman–Crippen MR) is 150 cm³/mol. The van der Waals surface area contributed by atoms with Gasteiger partial charge in [0.25, 0.3) is 11.8 Å². The third-order valence-electron chi connectivity index (χ3n) is 7.26. The van der Waals surface area contributed by atoms with E-state index in [4.69, 9.17) is 4.74 Å². The first-order valence-corrected chi connectivity index (χ1v) is 15.5. The lowest BCUT2D eigenvalue weighted by Crippen LogP contribution is -2.37. The number of hydrogen-bond acceptors (Lipinski definition) is 8. The number of carbonyl (C=O) groups excluding carboxylic acids is 3. The standard InChI is InChI=1S/C27H36N4O6S2/c1-5-37-27(34)29-25(33)23-21-12-13-30(17(2)3)16-22(21)38-26(23)28-24(32)19-6-8-20(9-7-19)39(35,36)31-14-10-18(4)11-15-31/h6-9,17-18H,5,10-16H2,1-4H3,(H,28,32)(H,29,33,34). The molecule has 0 saturated carbocycles. The van der Waals surface area contributed by atoms with E-state index in [-0.39, 0.29) is 22.6 Å². The zero-order chi connectivity index (χ0) is 28.3. The molecule has 0 atom stereocenters. The third kappa shape index (κ3) is 6.51. The molecule has 12 heteroatoms. The summed E-state index contributed by atoms with van der Waals surface area (Å²) in [5, 5.41) is 5.42. The number of hydrogen-bond donors (Lipinski definition) is 2. The summed E-state index contributed by atoms with van der Waals surface area (Å²) in [5.41, 5.74) is 1.33. The van der Waals surface area contributed by atoms with Crippen molar-refractivity contribution in [3.63, 3.8) is 0 Å². The zero-order valence-corrected chi connectivity index (χ0v) is 24.4. The fraction of sp³-hybridized carbons (Fsp3) is 0.519. The van der Waals surface area contributed by atoms with E-state index in [1.165, 1.54) is 39.9 Å². The number of benzene rings is 1. The highest BCUT2D eigenvalue weighted by molar-refractivity contribution is 7.89. The van der Waals surface area contributed by atoms with Gasteiger partial charge in [0, 0.05) is 42.7 Å². The highest BCUT2D eigenvalue weighted by atomic mass is 32.2. The van der Waals surface area contributed by atoms with E-state index in [2.05, 4.69) is 36.3 Å². The minimum Gasteiger partial charge on any atom is -0.450 e. The van der Waals surface area contributed by atoms with E-state index in [0.717, 1.165) is 29.8 Å². The van der Waals surface area contributed by atoms with Crippen molar-refractivity contribution in [2.45, 2.75) is 64.4 Å². The Balaban J connectivity index is 1.56. The van der Waals surface area contributed by atoms with E-state index in [1.807, 2.05) is 0 Å². The number of rotatable bonds is 7. The topological polar surface area (TPSA) is 125 Å². The van der Waals surface area contributed by atoms with Gasteiger partial charge in [-0.05, 0) is 75.8 Å². The lowest BCUT2D eigenvalue weighted by atomic mass is 10.0. The minimum absolute atomic E-state index is 0.121. The molecule has 2 N–H and O–H groups in total. The molecule has 0 aliphatic carbocycles. The van der Waals surface area contributed by atoms with Crippen molar-refractivity contribution in [3.05, 3.63) is 45.8 Å². The molecule has 2 aromatic rings. The van der Waals surface area contributed by atoms with Crippen LogP contribution in [0.3, 0.4) is 0 Å². The molecule has 0 spiro atoms. The van der Waals surface area contributed by atoms with Crippen LogP contribution < -0.4 is 10.6 Å². The lowest BCUT2D eigenvalue weighted by molar-refractivity contribution is 0.0924. The Morgan fingerprint density at radius 3 is 2.36 bits per heavy atom. The Morgan fingerprint density at radius 2 is 1.74 bits per heavy atom. The maximum Gasteiger partial charge on any atom is 0.414 e. The number of carbonyl (C=O) groups is 3. The Bertz CT molecular complexity index is 1330. The summed E-state index contributed by atoms with van der Waals surface area (Å²) < 4.78 is 32.5. The Labute approximate surface area is 233 Å². The van der Waals surface area contributed by atoms with E-state index in [1.54, 1.807) is 6.92 Å². The first-order valence-electron chi connectivity index (χ1n) is 13.3. The fourth-order valence-electron chi connectivity index (χ4n) is 4.84. The van der Waals surface area contributed by atoms with Crippen molar-refractivity contribution < 1.29 is 27.5 Å². The Kier molecular flexibility index (Phi) is 9.10. The predicted octanol–water partition coefficient (Wildman–Crippen LogP) is 4.07. The van der Waals surface area contributed by atoms with Gasteiger partial charge in [-0.15, -0.1) is 11.3 Å². The molecule has 0 unspecified atom stereocenters. The molecule has 0 radical (unpaired) electrons. The van der Waals surface area contributed by atoms with Crippen LogP contribution in [0, 0.1) is 5.92 Å². The molecule has 1 saturated heterocycles. The number of nitrogens with zero attached hydrogens (tertiary/aromatic N) is 2. The number of imide groups is 1. The van der Waals surface area contributed by atoms with Gasteiger partial charge in [-0.2, -0.15) is 4.31 Å². The number of thiophene rings is 1. The summed E-state index contributed by atoms with van der Waals surface area (Å²) in [4.78, 5) is 41.6. The van der Waals surface area contributed by atoms with Gasteiger partial charge >= 0.3 is 6.09 Å². The molecule has 39 heavy (non-hydrogen) atoms. The second-order valence-electron chi connectivity index (χ2n) is 10.3. The van der Waals surface area contributed by atoms with Crippen LogP contribution in [0.25, 0.3) is 0 Å². The largest absolute Gasteiger partial charge is 0.450 e. The van der Waals surface area contributed by atoms with E-state index in [9.17, 15) is 22.8 Å². The lowest BCUT2D eigenvalue weighted by Gasteiger charge is -2.30. The van der Waals surface area contributed by atoms with Crippen molar-refractivity contribution in [1.29, 1.82) is 0 Å². The molecule has 1 aromatic carbocycles. The maximum atomic E-state index is 13.2. The van der Waals surface area contributed by atoms with Crippen LogP contribution in [0.2, 0.25) is 0 Å². The summed E-state index contributed by atoms with van der Waals surface area (Å²) in [6.45, 7) is 10.4. The van der Waals surface area contributed by atoms with Gasteiger partial charge < -0.3 is 10.1 Å². The molecular weight excluding hydrogens is 540 g/mol. The zero-order valence-electron chi connectivity index (χ0n) is 22.8. The van der Waals surface area contributed by atoms with Crippen LogP contribution in [0.5, 0.6) is 0 Å². The molecule has 4 rings (SSSR count). The van der Waals surface area contributed by atoms with Crippen molar-refractivity contribution in [3.8, 4) is 0 Å². The average Bonchev–Trinajstić information content (AvgIpc) is 3.26. The van der Waals surface area contributed by atoms with Gasteiger partial charge in [-0.1, -0.05) is 6.92 Å². The minimum atomic E-state index is -3.63. The average molecular weight is 577 g/mol. The van der Waals surface area contributed by atoms with Gasteiger partial charge in [0.15, 0.2) is 0 Å². The fourth-order valence-corrected chi connectivity index (χ4v) is 7.58. The molecule has 10 nitrogen and oxygen atoms in total. The summed E-state index contributed by atoms with van der Waals surface area (Å²) in [6, 6.07) is 6.15. The van der Waals surface area contributed by atoms with Crippen LogP contribution in [-0.4, -0.2) is 67.8 Å². The molecule has 2 aliphatic rings. The monoisotopic (exact) mass is 576 g/mol. The summed E-state index contributed by atoms with van der Waals surface area (Å²) in [5.74, 6) is -0.602. The molecule has 1 fully saturated rings. The van der Waals surface area contributed by atoms with Crippen LogP contribution >= 0.6 is 11.3 Å². The molecule has 212 valence electrons. The number of sulfonamides is 1. The number of ether oxygens (including phenoxy) is 1. The summed E-state index contributed by atoms with van der Waals surface area (Å²) in [7, 11) is -3.63. The first-order chi connectivity index (χ1) is 18.5. The van der Waals surface area contributed by atoms with Crippen molar-refractivity contribution in [1.82, 2.24) is 14.5 Å². The third-order valence-corrected chi connectivity index (χ3v) is 10.3. The van der Waals surface area contributed by atoms with Crippen molar-refractivity contribution in [2.75, 3.05) is 31.6 Å². The van der Waals surface area contributed by atoms with Crippen LogP contribution in [0.1, 0.15) is 71.7 Å². The van der Waals surface area contributed by atoms with Gasteiger partial charge in [0.1, 0.15) is 5.00 Å². The van der Waals surface area contributed by atoms with Crippen molar-refractivity contribution in [2.24, 2.45) is 5.92 Å². The molecule has 2 aliphatic heterocycles. The first kappa shape index (κ1) is 29.2. The molecule has 3 heterocycles. The molecule has 1 aromatic heterocycles. The van der Waals surface area contributed by atoms with Crippen LogP contribution in [0.15, 0.2) is 29.2 Å². The quantitative estimate of drug-likeness (QED) is 0.509. The highest BCUT2D eigenvalue weighted by Gasteiger charge is 2.31. The highest BCUT2D eigenvalue weighted by Crippen LogP contribution is 2.38. The number of amides is 3. The van der Waals surface area contributed by atoms with Crippen LogP contribution in [-0.2, 0) is 27.7 Å². The van der Waals surface area contributed by atoms with E-state index in [0.29, 0.717) is 43.0 Å². The van der Waals surface area contributed by atoms with Gasteiger partial charge in [0.05, 0.1) is 17.1 Å². The number of piperidine rings is 1. The summed E-state index contributed by atoms with van der Waals surface area (Å²) >= 11 is 1.31. The number of fused-ring (bicyclic) bond motifs is 1. The maximum absolute atomic E-state index is 13.2. The molecule has 0 bridgehead atoms. The van der Waals surface area contributed by atoms with Crippen molar-refractivity contribution >= 4 is 44.3 Å². The number of alkyl carbamates (subject to hydrolysis) is 1. The SMILES string of the molecule is CCOC(=O)NC(=O)c1c(NC(=O)c2ccc(S(=O)(=O)N3CCC(C)CC3)cc2)sc2c1CCN(C(C)C)C2. The van der Waals surface area contributed by atoms with E-state index < -0.39 is 27.9 Å². The smallest absolute Gasteiger partial charge is 0.414 e. The molecule has 3 amide bonds. The normalized spacial score (nSPS) is 17.1. The van der Waals surface area contributed by atoms with Gasteiger partial charge in [-0.25, -0.2) is 13.2 Å². The Morgan fingerprint density at radius 1 is 1.08 bits per heavy atom.